The molecular weight excluding hydrogens is 383 g/mol. The number of anilines is 1. The molecule has 0 heterocycles. The lowest BCUT2D eigenvalue weighted by Crippen LogP contribution is -2.53. The minimum atomic E-state index is -6.19. The number of benzene rings is 1. The van der Waals surface area contributed by atoms with E-state index in [1.54, 1.807) is 0 Å². The largest absolute Gasteiger partial charge is 0.435 e. The van der Waals surface area contributed by atoms with Gasteiger partial charge in [-0.25, -0.2) is 4.39 Å². The average Bonchev–Trinajstić information content (AvgIpc) is 2.54. The van der Waals surface area contributed by atoms with Gasteiger partial charge in [-0.3, -0.25) is 4.79 Å². The Balaban J connectivity index is 2.06. The molecule has 0 aromatic heterocycles. The summed E-state index contributed by atoms with van der Waals surface area (Å²) in [7, 11) is 0. The first kappa shape index (κ1) is 20.8. The fraction of sp³-hybridized carbons (Fsp3) is 0.500. The lowest BCUT2D eigenvalue weighted by atomic mass is 9.78. The van der Waals surface area contributed by atoms with Gasteiger partial charge in [-0.05, 0) is 31.4 Å². The summed E-state index contributed by atoms with van der Waals surface area (Å²) < 4.78 is 90.0. The molecule has 1 saturated carbocycles. The predicted octanol–water partition coefficient (Wildman–Crippen LogP) is 3.95. The molecule has 1 aromatic carbocycles. The molecule has 4 nitrogen and oxygen atoms in total. The topological polar surface area (TPSA) is 64.9 Å². The van der Waals surface area contributed by atoms with Gasteiger partial charge in [-0.2, -0.15) is 31.6 Å². The summed E-state index contributed by atoms with van der Waals surface area (Å²) in [5.74, 6) is -0.564. The summed E-state index contributed by atoms with van der Waals surface area (Å²) in [4.78, 5) is 11.8. The SMILES string of the molecule is N#CC1(NC(=O)CNc2ccc(C(F)(C(F)(F)F)C(F)(F)F)cc2)CCC1. The second-order valence-corrected chi connectivity index (χ2v) is 6.18. The third kappa shape index (κ3) is 3.94. The van der Waals surface area contributed by atoms with Crippen LogP contribution in [0.25, 0.3) is 0 Å². The summed E-state index contributed by atoms with van der Waals surface area (Å²) in [6.45, 7) is -0.359. The molecule has 2 rings (SSSR count). The van der Waals surface area contributed by atoms with E-state index in [-0.39, 0.29) is 12.2 Å². The Morgan fingerprint density at radius 3 is 1.93 bits per heavy atom. The Bertz CT molecular complexity index is 716. The van der Waals surface area contributed by atoms with Gasteiger partial charge in [0.05, 0.1) is 12.6 Å². The number of alkyl halides is 7. The molecule has 0 unspecified atom stereocenters. The lowest BCUT2D eigenvalue weighted by Gasteiger charge is -2.35. The van der Waals surface area contributed by atoms with Crippen LogP contribution in [-0.4, -0.2) is 30.3 Å². The van der Waals surface area contributed by atoms with Crippen LogP contribution < -0.4 is 10.6 Å². The maximum atomic E-state index is 13.9. The molecule has 148 valence electrons. The van der Waals surface area contributed by atoms with Crippen LogP contribution in [0, 0.1) is 11.3 Å². The van der Waals surface area contributed by atoms with E-state index in [0.717, 1.165) is 18.6 Å². The van der Waals surface area contributed by atoms with Crippen molar-refractivity contribution in [3.8, 4) is 6.07 Å². The Labute approximate surface area is 149 Å². The van der Waals surface area contributed by atoms with Gasteiger partial charge in [0, 0.05) is 11.3 Å². The number of rotatable bonds is 5. The van der Waals surface area contributed by atoms with Crippen LogP contribution in [0.15, 0.2) is 24.3 Å². The second kappa shape index (κ2) is 6.90. The molecule has 0 radical (unpaired) electrons. The Kier molecular flexibility index (Phi) is 5.32. The molecule has 1 amide bonds. The highest BCUT2D eigenvalue weighted by molar-refractivity contribution is 5.82. The van der Waals surface area contributed by atoms with Crippen molar-refractivity contribution in [2.45, 2.75) is 42.8 Å². The van der Waals surface area contributed by atoms with E-state index in [2.05, 4.69) is 10.6 Å². The van der Waals surface area contributed by atoms with Gasteiger partial charge < -0.3 is 10.6 Å². The average molecular weight is 397 g/mol. The lowest BCUT2D eigenvalue weighted by molar-refractivity contribution is -0.348. The Morgan fingerprint density at radius 2 is 1.56 bits per heavy atom. The monoisotopic (exact) mass is 397 g/mol. The molecule has 1 aromatic rings. The van der Waals surface area contributed by atoms with Gasteiger partial charge in [-0.15, -0.1) is 0 Å². The molecule has 0 aliphatic heterocycles. The molecule has 1 fully saturated rings. The number of nitrogens with zero attached hydrogens (tertiary/aromatic N) is 1. The molecule has 1 aliphatic carbocycles. The molecule has 0 spiro atoms. The third-order valence-electron chi connectivity index (χ3n) is 4.32. The van der Waals surface area contributed by atoms with Gasteiger partial charge in [0.2, 0.25) is 5.91 Å². The summed E-state index contributed by atoms with van der Waals surface area (Å²) in [6.07, 6.45) is -10.6. The van der Waals surface area contributed by atoms with Crippen LogP contribution in [0.2, 0.25) is 0 Å². The number of carbonyl (C=O) groups is 1. The second-order valence-electron chi connectivity index (χ2n) is 6.18. The maximum Gasteiger partial charge on any atom is 0.435 e. The zero-order valence-electron chi connectivity index (χ0n) is 13.6. The molecule has 27 heavy (non-hydrogen) atoms. The van der Waals surface area contributed by atoms with E-state index in [4.69, 9.17) is 5.26 Å². The number of nitrogens with one attached hydrogen (secondary N) is 2. The summed E-state index contributed by atoms with van der Waals surface area (Å²) in [5.41, 5.74) is -8.04. The van der Waals surface area contributed by atoms with E-state index in [0.29, 0.717) is 25.0 Å². The Morgan fingerprint density at radius 1 is 1.04 bits per heavy atom. The first-order valence-electron chi connectivity index (χ1n) is 7.74. The normalized spacial score (nSPS) is 16.8. The van der Waals surface area contributed by atoms with Crippen molar-refractivity contribution < 1.29 is 35.5 Å². The third-order valence-corrected chi connectivity index (χ3v) is 4.32. The van der Waals surface area contributed by atoms with Crippen LogP contribution in [-0.2, 0) is 10.5 Å². The highest BCUT2D eigenvalue weighted by atomic mass is 19.4. The van der Waals surface area contributed by atoms with Crippen molar-refractivity contribution in [1.82, 2.24) is 5.32 Å². The van der Waals surface area contributed by atoms with E-state index >= 15 is 0 Å². The van der Waals surface area contributed by atoms with Crippen molar-refractivity contribution in [3.63, 3.8) is 0 Å². The zero-order chi connectivity index (χ0) is 20.5. The molecule has 11 heteroatoms. The number of halogens is 7. The molecular formula is C16H14F7N3O. The number of hydrogen-bond donors (Lipinski definition) is 2. The smallest absolute Gasteiger partial charge is 0.376 e. The number of hydrogen-bond acceptors (Lipinski definition) is 3. The number of amides is 1. The van der Waals surface area contributed by atoms with Gasteiger partial charge in [0.25, 0.3) is 0 Å². The van der Waals surface area contributed by atoms with Crippen LogP contribution in [0.3, 0.4) is 0 Å². The first-order valence-corrected chi connectivity index (χ1v) is 7.74. The van der Waals surface area contributed by atoms with Crippen LogP contribution in [0.1, 0.15) is 24.8 Å². The molecule has 1 aliphatic rings. The standard InChI is InChI=1S/C16H14F7N3O/c17-14(15(18,19)20,16(21,22)23)10-2-4-11(5-3-10)25-8-12(27)26-13(9-24)6-1-7-13/h2-5,25H,1,6-8H2,(H,26,27). The van der Waals surface area contributed by atoms with Gasteiger partial charge >= 0.3 is 18.0 Å². The minimum Gasteiger partial charge on any atom is -0.376 e. The van der Waals surface area contributed by atoms with Crippen molar-refractivity contribution in [2.24, 2.45) is 0 Å². The van der Waals surface area contributed by atoms with E-state index < -0.39 is 35.0 Å². The zero-order valence-corrected chi connectivity index (χ0v) is 13.6. The van der Waals surface area contributed by atoms with Gasteiger partial charge in [0.15, 0.2) is 0 Å². The van der Waals surface area contributed by atoms with Crippen molar-refractivity contribution >= 4 is 11.6 Å². The quantitative estimate of drug-likeness (QED) is 0.740. The summed E-state index contributed by atoms with van der Waals surface area (Å²) in [6, 6.07) is 4.29. The van der Waals surface area contributed by atoms with Crippen LogP contribution in [0.4, 0.5) is 36.4 Å². The van der Waals surface area contributed by atoms with Crippen molar-refractivity contribution in [2.75, 3.05) is 11.9 Å². The number of nitriles is 1. The fourth-order valence-electron chi connectivity index (χ4n) is 2.59. The van der Waals surface area contributed by atoms with Crippen molar-refractivity contribution in [1.29, 1.82) is 5.26 Å². The van der Waals surface area contributed by atoms with E-state index in [1.807, 2.05) is 6.07 Å². The molecule has 0 saturated heterocycles. The first-order chi connectivity index (χ1) is 12.3. The van der Waals surface area contributed by atoms with Gasteiger partial charge in [0.1, 0.15) is 5.54 Å². The Hall–Kier alpha value is -2.51. The molecule has 0 atom stereocenters. The highest BCUT2D eigenvalue weighted by Crippen LogP contribution is 2.53. The fourth-order valence-corrected chi connectivity index (χ4v) is 2.59. The maximum absolute atomic E-state index is 13.9. The number of carbonyl (C=O) groups excluding carboxylic acids is 1. The molecule has 2 N–H and O–H groups in total. The molecule has 0 bridgehead atoms. The minimum absolute atomic E-state index is 0.0141. The van der Waals surface area contributed by atoms with Crippen molar-refractivity contribution in [3.05, 3.63) is 29.8 Å². The summed E-state index contributed by atoms with van der Waals surface area (Å²) in [5, 5.41) is 14.0. The van der Waals surface area contributed by atoms with Gasteiger partial charge in [-0.1, -0.05) is 12.1 Å². The van der Waals surface area contributed by atoms with E-state index in [9.17, 15) is 35.5 Å². The van der Waals surface area contributed by atoms with E-state index in [1.165, 1.54) is 0 Å². The van der Waals surface area contributed by atoms with Crippen LogP contribution in [0.5, 0.6) is 0 Å². The summed E-state index contributed by atoms with van der Waals surface area (Å²) >= 11 is 0. The highest BCUT2D eigenvalue weighted by Gasteiger charge is 2.73. The van der Waals surface area contributed by atoms with Crippen LogP contribution >= 0.6 is 0 Å². The predicted molar refractivity (Wildman–Crippen MR) is 80.2 cm³/mol.